The lowest BCUT2D eigenvalue weighted by molar-refractivity contribution is -0.124. The van der Waals surface area contributed by atoms with Crippen LogP contribution in [0.5, 0.6) is 0 Å². The zero-order valence-corrected chi connectivity index (χ0v) is 12.6. The summed E-state index contributed by atoms with van der Waals surface area (Å²) < 4.78 is 0. The summed E-state index contributed by atoms with van der Waals surface area (Å²) in [6, 6.07) is 10.4. The van der Waals surface area contributed by atoms with Crippen molar-refractivity contribution in [2.75, 3.05) is 27.2 Å². The highest BCUT2D eigenvalue weighted by Gasteiger charge is 2.40. The molecule has 1 aliphatic rings. The zero-order chi connectivity index (χ0) is 14.7. The van der Waals surface area contributed by atoms with Gasteiger partial charge >= 0.3 is 0 Å². The number of hydrogen-bond donors (Lipinski definition) is 1. The van der Waals surface area contributed by atoms with Gasteiger partial charge in [-0.05, 0) is 45.5 Å². The molecule has 0 aromatic heterocycles. The summed E-state index contributed by atoms with van der Waals surface area (Å²) in [7, 11) is 4.09. The fourth-order valence-electron chi connectivity index (χ4n) is 3.30. The van der Waals surface area contributed by atoms with Crippen LogP contribution in [0.3, 0.4) is 0 Å². The van der Waals surface area contributed by atoms with Gasteiger partial charge in [0.2, 0.25) is 5.91 Å². The van der Waals surface area contributed by atoms with Gasteiger partial charge in [-0.25, -0.2) is 0 Å². The topological polar surface area (TPSA) is 49.6 Å². The number of amides is 1. The highest BCUT2D eigenvalue weighted by Crippen LogP contribution is 2.32. The van der Waals surface area contributed by atoms with E-state index < -0.39 is 0 Å². The Hall–Kier alpha value is -1.39. The highest BCUT2D eigenvalue weighted by atomic mass is 16.1. The summed E-state index contributed by atoms with van der Waals surface area (Å²) in [6.45, 7) is 4.00. The number of likely N-dealkylation sites (tertiary alicyclic amines) is 1. The fourth-order valence-corrected chi connectivity index (χ4v) is 3.30. The van der Waals surface area contributed by atoms with Gasteiger partial charge in [0.15, 0.2) is 0 Å². The Morgan fingerprint density at radius 2 is 2.05 bits per heavy atom. The van der Waals surface area contributed by atoms with Crippen molar-refractivity contribution >= 4 is 5.91 Å². The van der Waals surface area contributed by atoms with Crippen molar-refractivity contribution in [1.82, 2.24) is 9.80 Å². The molecule has 20 heavy (non-hydrogen) atoms. The minimum absolute atomic E-state index is 0.160. The normalized spacial score (nSPS) is 25.0. The molecule has 0 spiro atoms. The van der Waals surface area contributed by atoms with Crippen LogP contribution in [-0.2, 0) is 4.79 Å². The van der Waals surface area contributed by atoms with E-state index in [-0.39, 0.29) is 18.0 Å². The molecule has 1 fully saturated rings. The average molecular weight is 275 g/mol. The van der Waals surface area contributed by atoms with E-state index in [0.29, 0.717) is 5.92 Å². The fraction of sp³-hybridized carbons (Fsp3) is 0.562. The highest BCUT2D eigenvalue weighted by molar-refractivity contribution is 5.80. The number of carbonyl (C=O) groups excluding carboxylic acids is 1. The van der Waals surface area contributed by atoms with E-state index in [1.807, 2.05) is 32.3 Å². The molecule has 1 amide bonds. The van der Waals surface area contributed by atoms with Crippen molar-refractivity contribution in [2.45, 2.75) is 25.4 Å². The van der Waals surface area contributed by atoms with Gasteiger partial charge in [0.25, 0.3) is 0 Å². The van der Waals surface area contributed by atoms with Crippen molar-refractivity contribution < 1.29 is 4.79 Å². The van der Waals surface area contributed by atoms with Crippen LogP contribution in [0.15, 0.2) is 30.3 Å². The van der Waals surface area contributed by atoms with Crippen molar-refractivity contribution in [3.63, 3.8) is 0 Å². The molecule has 2 rings (SSSR count). The molecule has 3 atom stereocenters. The van der Waals surface area contributed by atoms with Crippen LogP contribution in [0, 0.1) is 5.92 Å². The van der Waals surface area contributed by atoms with Crippen LogP contribution in [0.4, 0.5) is 0 Å². The Bertz CT molecular complexity index is 446. The number of rotatable bonds is 5. The molecule has 1 aromatic rings. The second kappa shape index (κ2) is 6.37. The maximum atomic E-state index is 11.9. The van der Waals surface area contributed by atoms with Crippen molar-refractivity contribution in [3.8, 4) is 0 Å². The van der Waals surface area contributed by atoms with Gasteiger partial charge < -0.3 is 10.6 Å². The summed E-state index contributed by atoms with van der Waals surface area (Å²) in [5.41, 5.74) is 6.91. The van der Waals surface area contributed by atoms with Crippen LogP contribution >= 0.6 is 0 Å². The van der Waals surface area contributed by atoms with E-state index in [1.165, 1.54) is 5.56 Å². The molecule has 0 radical (unpaired) electrons. The minimum Gasteiger partial charge on any atom is -0.368 e. The van der Waals surface area contributed by atoms with Gasteiger partial charge in [0.05, 0.1) is 6.04 Å². The van der Waals surface area contributed by atoms with Gasteiger partial charge in [0, 0.05) is 12.6 Å². The number of hydrogen-bond acceptors (Lipinski definition) is 3. The summed E-state index contributed by atoms with van der Waals surface area (Å²) in [6.07, 6.45) is 1.03. The molecule has 1 saturated heterocycles. The van der Waals surface area contributed by atoms with Crippen LogP contribution < -0.4 is 5.73 Å². The molecule has 4 nitrogen and oxygen atoms in total. The van der Waals surface area contributed by atoms with Crippen molar-refractivity contribution in [2.24, 2.45) is 11.7 Å². The molecule has 1 aromatic carbocycles. The van der Waals surface area contributed by atoms with E-state index in [0.717, 1.165) is 19.5 Å². The first kappa shape index (κ1) is 15.0. The third-order valence-electron chi connectivity index (χ3n) is 4.23. The zero-order valence-electron chi connectivity index (χ0n) is 12.6. The molecule has 0 bridgehead atoms. The van der Waals surface area contributed by atoms with Gasteiger partial charge in [-0.15, -0.1) is 0 Å². The molecular weight excluding hydrogens is 250 g/mol. The SMILES string of the molecule is C[C@@H](c1ccccc1)N1CC[C@@H](CN(C)C)[C@H]1C(N)=O. The monoisotopic (exact) mass is 275 g/mol. The van der Waals surface area contributed by atoms with Crippen LogP contribution in [0.2, 0.25) is 0 Å². The number of nitrogens with zero attached hydrogens (tertiary/aromatic N) is 2. The standard InChI is InChI=1S/C16H25N3O/c1-12(13-7-5-4-6-8-13)19-10-9-14(11-18(2)3)15(19)16(17)20/h4-8,12,14-15H,9-11H2,1-3H3,(H2,17,20)/t12-,14-,15-/m0/s1. The largest absolute Gasteiger partial charge is 0.368 e. The van der Waals surface area contributed by atoms with E-state index in [2.05, 4.69) is 28.9 Å². The number of benzene rings is 1. The minimum atomic E-state index is -0.197. The molecule has 0 unspecified atom stereocenters. The number of primary amides is 1. The molecule has 2 N–H and O–H groups in total. The van der Waals surface area contributed by atoms with Gasteiger partial charge in [-0.2, -0.15) is 0 Å². The Morgan fingerprint density at radius 1 is 1.40 bits per heavy atom. The lowest BCUT2D eigenvalue weighted by Crippen LogP contribution is -2.46. The van der Waals surface area contributed by atoms with Gasteiger partial charge in [-0.1, -0.05) is 30.3 Å². The van der Waals surface area contributed by atoms with Crippen LogP contribution in [0.1, 0.15) is 24.9 Å². The summed E-state index contributed by atoms with van der Waals surface area (Å²) in [4.78, 5) is 16.3. The molecule has 0 aliphatic carbocycles. The summed E-state index contributed by atoms with van der Waals surface area (Å²) >= 11 is 0. The van der Waals surface area contributed by atoms with E-state index >= 15 is 0 Å². The Morgan fingerprint density at radius 3 is 2.60 bits per heavy atom. The van der Waals surface area contributed by atoms with E-state index in [9.17, 15) is 4.79 Å². The molecule has 4 heteroatoms. The van der Waals surface area contributed by atoms with Crippen LogP contribution in [-0.4, -0.2) is 48.9 Å². The first-order valence-electron chi connectivity index (χ1n) is 7.25. The smallest absolute Gasteiger partial charge is 0.235 e. The molecule has 0 saturated carbocycles. The second-order valence-electron chi connectivity index (χ2n) is 5.98. The Balaban J connectivity index is 2.17. The van der Waals surface area contributed by atoms with E-state index in [1.54, 1.807) is 0 Å². The number of carbonyl (C=O) groups is 1. The second-order valence-corrected chi connectivity index (χ2v) is 5.98. The Kier molecular flexibility index (Phi) is 4.78. The number of nitrogens with two attached hydrogens (primary N) is 1. The first-order chi connectivity index (χ1) is 9.50. The molecule has 1 aliphatic heterocycles. The van der Waals surface area contributed by atoms with E-state index in [4.69, 9.17) is 5.73 Å². The molecule has 110 valence electrons. The van der Waals surface area contributed by atoms with Crippen molar-refractivity contribution in [3.05, 3.63) is 35.9 Å². The summed E-state index contributed by atoms with van der Waals surface area (Å²) in [5.74, 6) is 0.130. The maximum Gasteiger partial charge on any atom is 0.235 e. The lowest BCUT2D eigenvalue weighted by atomic mass is 9.98. The first-order valence-corrected chi connectivity index (χ1v) is 7.25. The third kappa shape index (κ3) is 3.19. The predicted molar refractivity (Wildman–Crippen MR) is 81.2 cm³/mol. The summed E-state index contributed by atoms with van der Waals surface area (Å²) in [5, 5.41) is 0. The average Bonchev–Trinajstić information content (AvgIpc) is 2.81. The third-order valence-corrected chi connectivity index (χ3v) is 4.23. The molecular formula is C16H25N3O. The van der Waals surface area contributed by atoms with Crippen molar-refractivity contribution in [1.29, 1.82) is 0 Å². The Labute approximate surface area is 121 Å². The molecule has 1 heterocycles. The van der Waals surface area contributed by atoms with Gasteiger partial charge in [-0.3, -0.25) is 9.69 Å². The quantitative estimate of drug-likeness (QED) is 0.885. The lowest BCUT2D eigenvalue weighted by Gasteiger charge is -2.32. The predicted octanol–water partition coefficient (Wildman–Crippen LogP) is 1.48. The van der Waals surface area contributed by atoms with Crippen LogP contribution in [0.25, 0.3) is 0 Å². The maximum absolute atomic E-state index is 11.9. The van der Waals surface area contributed by atoms with Gasteiger partial charge in [0.1, 0.15) is 0 Å².